The number of esters is 2. The predicted octanol–water partition coefficient (Wildman–Crippen LogP) is 3.14. The van der Waals surface area contributed by atoms with Gasteiger partial charge in [-0.1, -0.05) is 26.8 Å². The van der Waals surface area contributed by atoms with Crippen LogP contribution in [0.25, 0.3) is 0 Å². The fourth-order valence-electron chi connectivity index (χ4n) is 2.35. The zero-order valence-electron chi connectivity index (χ0n) is 17.3. The highest BCUT2D eigenvalue weighted by Crippen LogP contribution is 2.11. The lowest BCUT2D eigenvalue weighted by Gasteiger charge is -2.22. The molecule has 4 unspecified atom stereocenters. The van der Waals surface area contributed by atoms with Crippen LogP contribution in [-0.2, 0) is 19.1 Å². The highest BCUT2D eigenvalue weighted by molar-refractivity contribution is 5.82. The molecule has 0 bridgehead atoms. The molecular formula is C21H37NO5. The van der Waals surface area contributed by atoms with E-state index < -0.39 is 18.0 Å². The van der Waals surface area contributed by atoms with Crippen LogP contribution < -0.4 is 5.32 Å². The first-order valence-electron chi connectivity index (χ1n) is 9.97. The van der Waals surface area contributed by atoms with E-state index in [1.165, 1.54) is 0 Å². The summed E-state index contributed by atoms with van der Waals surface area (Å²) in [6.07, 6.45) is 5.23. The molecule has 4 atom stereocenters. The van der Waals surface area contributed by atoms with Gasteiger partial charge in [0.05, 0.1) is 18.6 Å². The topological polar surface area (TPSA) is 84.9 Å². The van der Waals surface area contributed by atoms with E-state index in [1.807, 2.05) is 33.8 Å². The molecule has 0 saturated carbocycles. The van der Waals surface area contributed by atoms with Crippen LogP contribution in [0, 0.1) is 5.92 Å². The number of aliphatic hydroxyl groups excluding tert-OH is 1. The number of carbonyl (C=O) groups excluding carboxylic acids is 2. The van der Waals surface area contributed by atoms with Crippen molar-refractivity contribution in [1.29, 1.82) is 0 Å². The lowest BCUT2D eigenvalue weighted by molar-refractivity contribution is -0.157. The van der Waals surface area contributed by atoms with E-state index in [1.54, 1.807) is 0 Å². The van der Waals surface area contributed by atoms with Gasteiger partial charge in [0.15, 0.2) is 0 Å². The molecule has 0 radical (unpaired) electrons. The van der Waals surface area contributed by atoms with Crippen molar-refractivity contribution in [2.24, 2.45) is 5.92 Å². The summed E-state index contributed by atoms with van der Waals surface area (Å²) in [7, 11) is 0. The van der Waals surface area contributed by atoms with Gasteiger partial charge in [-0.25, -0.2) is 0 Å². The van der Waals surface area contributed by atoms with Crippen LogP contribution in [-0.4, -0.2) is 48.4 Å². The third kappa shape index (κ3) is 12.4. The van der Waals surface area contributed by atoms with Crippen LogP contribution in [0.1, 0.15) is 66.2 Å². The summed E-state index contributed by atoms with van der Waals surface area (Å²) in [6.45, 7) is 11.8. The minimum absolute atomic E-state index is 0.0687. The summed E-state index contributed by atoms with van der Waals surface area (Å²) in [5, 5.41) is 12.1. The second-order valence-electron chi connectivity index (χ2n) is 6.88. The average molecular weight is 384 g/mol. The molecule has 0 amide bonds. The van der Waals surface area contributed by atoms with Crippen LogP contribution >= 0.6 is 0 Å². The van der Waals surface area contributed by atoms with Gasteiger partial charge in [0.1, 0.15) is 6.04 Å². The van der Waals surface area contributed by atoms with E-state index in [4.69, 9.17) is 14.6 Å². The number of unbranched alkanes of at least 4 members (excludes halogenated alkanes) is 1. The Morgan fingerprint density at radius 3 is 2.33 bits per heavy atom. The highest BCUT2D eigenvalue weighted by Gasteiger charge is 2.26. The van der Waals surface area contributed by atoms with E-state index in [9.17, 15) is 9.59 Å². The number of hydrogen-bond acceptors (Lipinski definition) is 6. The van der Waals surface area contributed by atoms with Crippen molar-refractivity contribution in [3.05, 3.63) is 18.4 Å². The Bertz CT molecular complexity index is 473. The van der Waals surface area contributed by atoms with Crippen molar-refractivity contribution in [2.45, 2.75) is 84.5 Å². The molecule has 0 aromatic heterocycles. The first-order chi connectivity index (χ1) is 12.9. The number of nitrogens with one attached hydrogen (secondary N) is 1. The summed E-state index contributed by atoms with van der Waals surface area (Å²) >= 11 is 0. The van der Waals surface area contributed by atoms with Crippen molar-refractivity contribution in [1.82, 2.24) is 5.32 Å². The van der Waals surface area contributed by atoms with Gasteiger partial charge in [-0.3, -0.25) is 9.59 Å². The van der Waals surface area contributed by atoms with Gasteiger partial charge < -0.3 is 19.9 Å². The first-order valence-corrected chi connectivity index (χ1v) is 9.97. The van der Waals surface area contributed by atoms with Gasteiger partial charge in [0.25, 0.3) is 0 Å². The first kappa shape index (κ1) is 25.4. The molecule has 0 aromatic rings. The molecule has 0 fully saturated rings. The Morgan fingerprint density at radius 2 is 1.78 bits per heavy atom. The van der Waals surface area contributed by atoms with E-state index in [0.717, 1.165) is 25.7 Å². The van der Waals surface area contributed by atoms with E-state index in [0.29, 0.717) is 13.0 Å². The van der Waals surface area contributed by atoms with Crippen LogP contribution in [0.3, 0.4) is 0 Å². The average Bonchev–Trinajstić information content (AvgIpc) is 2.64. The van der Waals surface area contributed by atoms with Gasteiger partial charge >= 0.3 is 11.9 Å². The molecule has 2 N–H and O–H groups in total. The molecule has 0 spiro atoms. The largest absolute Gasteiger partial charge is 0.463 e. The smallest absolute Gasteiger partial charge is 0.324 e. The van der Waals surface area contributed by atoms with Crippen LogP contribution in [0.5, 0.6) is 0 Å². The molecule has 27 heavy (non-hydrogen) atoms. The molecule has 6 nitrogen and oxygen atoms in total. The van der Waals surface area contributed by atoms with Crippen LogP contribution in [0.15, 0.2) is 18.4 Å². The molecule has 0 aliphatic rings. The predicted molar refractivity (Wildman–Crippen MR) is 106 cm³/mol. The molecule has 0 rings (SSSR count). The Balaban J connectivity index is 4.91. The summed E-state index contributed by atoms with van der Waals surface area (Å²) in [5.41, 5.74) is 2.78. The fourth-order valence-corrected chi connectivity index (χ4v) is 2.35. The van der Waals surface area contributed by atoms with Gasteiger partial charge in [-0.15, -0.1) is 5.73 Å². The van der Waals surface area contributed by atoms with Gasteiger partial charge in [0, 0.05) is 13.2 Å². The minimum Gasteiger partial charge on any atom is -0.463 e. The molecule has 0 aromatic carbocycles. The van der Waals surface area contributed by atoms with Crippen LogP contribution in [0.4, 0.5) is 0 Å². The van der Waals surface area contributed by atoms with E-state index in [2.05, 4.69) is 17.6 Å². The maximum Gasteiger partial charge on any atom is 0.324 e. The third-order valence-corrected chi connectivity index (χ3v) is 4.42. The van der Waals surface area contributed by atoms with Crippen molar-refractivity contribution in [3.8, 4) is 0 Å². The second-order valence-corrected chi connectivity index (χ2v) is 6.88. The van der Waals surface area contributed by atoms with Gasteiger partial charge in [-0.2, -0.15) is 0 Å². The van der Waals surface area contributed by atoms with Crippen LogP contribution in [0.2, 0.25) is 0 Å². The molecular weight excluding hydrogens is 346 g/mol. The van der Waals surface area contributed by atoms with Crippen molar-refractivity contribution in [2.75, 3.05) is 13.2 Å². The maximum absolute atomic E-state index is 12.5. The summed E-state index contributed by atoms with van der Waals surface area (Å²) in [6, 6.07) is -0.755. The van der Waals surface area contributed by atoms with Gasteiger partial charge in [0.2, 0.25) is 0 Å². The molecule has 156 valence electrons. The minimum atomic E-state index is -0.755. The molecule has 0 heterocycles. The van der Waals surface area contributed by atoms with E-state index >= 15 is 0 Å². The summed E-state index contributed by atoms with van der Waals surface area (Å²) in [5.74, 6) is -0.750. The number of carbonyl (C=O) groups is 2. The molecule has 0 saturated heterocycles. The Labute approximate surface area is 164 Å². The normalized spacial score (nSPS) is 15.1. The number of rotatable bonds is 15. The lowest BCUT2D eigenvalue weighted by atomic mass is 10.0. The Hall–Kier alpha value is -1.62. The lowest BCUT2D eigenvalue weighted by Crippen LogP contribution is -2.43. The zero-order chi connectivity index (χ0) is 20.7. The van der Waals surface area contributed by atoms with Crippen molar-refractivity contribution < 1.29 is 24.2 Å². The summed E-state index contributed by atoms with van der Waals surface area (Å²) in [4.78, 5) is 24.6. The number of ether oxygens (including phenoxy) is 2. The SMILES string of the molecule is C=C=CC(CCCCO)CNC(CC(=O)OC(C)CC)C(=O)OC(C)CC. The van der Waals surface area contributed by atoms with Crippen molar-refractivity contribution in [3.63, 3.8) is 0 Å². The number of hydrogen-bond donors (Lipinski definition) is 2. The quantitative estimate of drug-likeness (QED) is 0.257. The third-order valence-electron chi connectivity index (χ3n) is 4.42. The fraction of sp³-hybridized carbons (Fsp3) is 0.762. The number of aliphatic hydroxyl groups is 1. The highest BCUT2D eigenvalue weighted by atomic mass is 16.6. The molecule has 0 aliphatic carbocycles. The molecule has 0 aliphatic heterocycles. The van der Waals surface area contributed by atoms with E-state index in [-0.39, 0.29) is 31.2 Å². The second kappa shape index (κ2) is 15.4. The summed E-state index contributed by atoms with van der Waals surface area (Å²) < 4.78 is 10.7. The standard InChI is InChI=1S/C21H37NO5/c1-6-11-18(12-9-10-13-23)15-22-19(21(25)27-17(5)8-3)14-20(24)26-16(4)7-2/h11,16-19,22-23H,1,7-10,12-15H2,2-5H3. The maximum atomic E-state index is 12.5. The Kier molecular flexibility index (Phi) is 14.5. The zero-order valence-corrected chi connectivity index (χ0v) is 17.3. The van der Waals surface area contributed by atoms with Gasteiger partial charge in [-0.05, 0) is 51.5 Å². The monoisotopic (exact) mass is 383 g/mol. The molecule has 6 heteroatoms. The Morgan fingerprint density at radius 1 is 1.15 bits per heavy atom. The van der Waals surface area contributed by atoms with Crippen molar-refractivity contribution >= 4 is 11.9 Å².